The van der Waals surface area contributed by atoms with E-state index in [1.165, 1.54) is 51.4 Å². The number of piperidine rings is 1. The van der Waals surface area contributed by atoms with E-state index in [0.29, 0.717) is 18.3 Å². The van der Waals surface area contributed by atoms with E-state index in [9.17, 15) is 0 Å². The topological polar surface area (TPSA) is 55.3 Å². The number of unbranched alkanes of at least 4 members (excludes halogenated alkanes) is 2. The van der Waals surface area contributed by atoms with Crippen LogP contribution in [0.15, 0.2) is 4.99 Å². The number of rotatable bonds is 11. The van der Waals surface area contributed by atoms with Crippen LogP contribution in [0.25, 0.3) is 0 Å². The molecule has 0 spiro atoms. The molecule has 0 amide bonds. The average molecular weight is 566 g/mol. The summed E-state index contributed by atoms with van der Waals surface area (Å²) in [6.45, 7) is 8.62. The zero-order valence-corrected chi connectivity index (χ0v) is 22.7. The second-order valence-corrected chi connectivity index (χ2v) is 9.44. The number of nitrogens with one attached hydrogen (secondary N) is 1. The Morgan fingerprint density at radius 3 is 2.38 bits per heavy atom. The zero-order chi connectivity index (χ0) is 21.6. The molecule has 0 bridgehead atoms. The first-order valence-corrected chi connectivity index (χ1v) is 13.2. The summed E-state index contributed by atoms with van der Waals surface area (Å²) < 4.78 is 18.0. The van der Waals surface area contributed by atoms with Gasteiger partial charge in [0, 0.05) is 39.4 Å². The third-order valence-corrected chi connectivity index (χ3v) is 6.84. The molecule has 7 heteroatoms. The molecule has 1 saturated carbocycles. The van der Waals surface area contributed by atoms with Crippen molar-refractivity contribution in [3.05, 3.63) is 0 Å². The highest BCUT2D eigenvalue weighted by Crippen LogP contribution is 2.21. The molecule has 1 N–H and O–H groups in total. The molecule has 2 aliphatic heterocycles. The maximum Gasteiger partial charge on any atom is 0.193 e. The molecule has 3 fully saturated rings. The molecule has 2 saturated heterocycles. The lowest BCUT2D eigenvalue weighted by molar-refractivity contribution is -0.0721. The van der Waals surface area contributed by atoms with Gasteiger partial charge in [-0.3, -0.25) is 4.99 Å². The van der Waals surface area contributed by atoms with Crippen LogP contribution >= 0.6 is 24.0 Å². The first-order valence-electron chi connectivity index (χ1n) is 13.2. The number of aliphatic imine (C=N–C) groups is 1. The Hall–Kier alpha value is -0.120. The molecule has 1 atom stereocenters. The number of ether oxygens (including phenoxy) is 3. The fraction of sp³-hybridized carbons (Fsp3) is 0.960. The molecule has 2 heterocycles. The molecule has 1 aliphatic carbocycles. The smallest absolute Gasteiger partial charge is 0.193 e. The number of nitrogens with zero attached hydrogens (tertiary/aromatic N) is 2. The minimum atomic E-state index is 0. The predicted octanol–water partition coefficient (Wildman–Crippen LogP) is 5.14. The van der Waals surface area contributed by atoms with Gasteiger partial charge in [0.2, 0.25) is 0 Å². The summed E-state index contributed by atoms with van der Waals surface area (Å²) in [7, 11) is 0. The van der Waals surface area contributed by atoms with Gasteiger partial charge in [-0.25, -0.2) is 0 Å². The Labute approximate surface area is 213 Å². The summed E-state index contributed by atoms with van der Waals surface area (Å²) in [6, 6.07) is 0. The molecule has 1 unspecified atom stereocenters. The standard InChI is InChI=1S/C25H47N3O3.HI/c1-2-26-25(27-16-8-4-9-19-29-22-11-5-3-6-12-22)28-17-14-23(15-18-28)31-21-24-13-7-10-20-30-24;/h22-24H,2-21H2,1H3,(H,26,27);1H. The quantitative estimate of drug-likeness (QED) is 0.163. The molecule has 6 nitrogen and oxygen atoms in total. The summed E-state index contributed by atoms with van der Waals surface area (Å²) in [5.74, 6) is 1.08. The molecule has 3 rings (SSSR count). The maximum absolute atomic E-state index is 6.17. The Kier molecular flexibility index (Phi) is 15.2. The maximum atomic E-state index is 6.17. The molecule has 188 valence electrons. The van der Waals surface area contributed by atoms with Crippen LogP contribution < -0.4 is 5.32 Å². The van der Waals surface area contributed by atoms with Gasteiger partial charge < -0.3 is 24.4 Å². The lowest BCUT2D eigenvalue weighted by Crippen LogP contribution is -2.47. The number of halogens is 1. The van der Waals surface area contributed by atoms with E-state index >= 15 is 0 Å². The van der Waals surface area contributed by atoms with Gasteiger partial charge in [0.05, 0.1) is 24.9 Å². The van der Waals surface area contributed by atoms with E-state index in [-0.39, 0.29) is 24.0 Å². The normalized spacial score (nSPS) is 23.7. The van der Waals surface area contributed by atoms with Crippen LogP contribution in [0.3, 0.4) is 0 Å². The highest BCUT2D eigenvalue weighted by Gasteiger charge is 2.23. The van der Waals surface area contributed by atoms with Crippen molar-refractivity contribution in [1.82, 2.24) is 10.2 Å². The first-order chi connectivity index (χ1) is 15.3. The van der Waals surface area contributed by atoms with Crippen LogP contribution in [-0.4, -0.2) is 75.2 Å². The van der Waals surface area contributed by atoms with Crippen LogP contribution in [0.5, 0.6) is 0 Å². The molecule has 3 aliphatic rings. The molecule has 0 aromatic carbocycles. The first kappa shape index (κ1) is 28.1. The van der Waals surface area contributed by atoms with Crippen molar-refractivity contribution in [3.8, 4) is 0 Å². The highest BCUT2D eigenvalue weighted by molar-refractivity contribution is 14.0. The van der Waals surface area contributed by atoms with Gasteiger partial charge in [-0.1, -0.05) is 19.3 Å². The van der Waals surface area contributed by atoms with Crippen molar-refractivity contribution in [2.45, 2.75) is 109 Å². The minimum absolute atomic E-state index is 0. The Bertz CT molecular complexity index is 489. The van der Waals surface area contributed by atoms with E-state index in [0.717, 1.165) is 84.1 Å². The summed E-state index contributed by atoms with van der Waals surface area (Å²) in [5.41, 5.74) is 0. The average Bonchev–Trinajstić information content (AvgIpc) is 2.83. The van der Waals surface area contributed by atoms with E-state index in [2.05, 4.69) is 17.1 Å². The minimum Gasteiger partial charge on any atom is -0.378 e. The molecule has 0 aromatic heterocycles. The Balaban J connectivity index is 0.00000363. The van der Waals surface area contributed by atoms with Crippen LogP contribution in [-0.2, 0) is 14.2 Å². The van der Waals surface area contributed by atoms with Crippen LogP contribution in [0.2, 0.25) is 0 Å². The number of hydrogen-bond acceptors (Lipinski definition) is 4. The van der Waals surface area contributed by atoms with E-state index in [4.69, 9.17) is 19.2 Å². The number of likely N-dealkylation sites (tertiary alicyclic amines) is 1. The summed E-state index contributed by atoms with van der Waals surface area (Å²) in [6.07, 6.45) is 17.2. The van der Waals surface area contributed by atoms with Gasteiger partial charge in [0.25, 0.3) is 0 Å². The number of hydrogen-bond donors (Lipinski definition) is 1. The van der Waals surface area contributed by atoms with Gasteiger partial charge in [-0.2, -0.15) is 0 Å². The summed E-state index contributed by atoms with van der Waals surface area (Å²) in [4.78, 5) is 7.31. The SMILES string of the molecule is CCNC(=NCCCCCOC1CCCCC1)N1CCC(OCC2CCCCO2)CC1.I. The second-order valence-electron chi connectivity index (χ2n) is 9.44. The van der Waals surface area contributed by atoms with Crippen molar-refractivity contribution in [3.63, 3.8) is 0 Å². The van der Waals surface area contributed by atoms with E-state index < -0.39 is 0 Å². The zero-order valence-electron chi connectivity index (χ0n) is 20.4. The fourth-order valence-electron chi connectivity index (χ4n) is 4.90. The lowest BCUT2D eigenvalue weighted by atomic mass is 9.98. The van der Waals surface area contributed by atoms with Gasteiger partial charge in [-0.15, -0.1) is 24.0 Å². The van der Waals surface area contributed by atoms with E-state index in [1.807, 2.05) is 0 Å². The van der Waals surface area contributed by atoms with Crippen molar-refractivity contribution in [1.29, 1.82) is 0 Å². The molecular formula is C25H48IN3O3. The monoisotopic (exact) mass is 565 g/mol. The van der Waals surface area contributed by atoms with Gasteiger partial charge in [-0.05, 0) is 71.1 Å². The Morgan fingerprint density at radius 1 is 0.906 bits per heavy atom. The van der Waals surface area contributed by atoms with Gasteiger partial charge in [0.15, 0.2) is 5.96 Å². The second kappa shape index (κ2) is 17.3. The van der Waals surface area contributed by atoms with Crippen LogP contribution in [0.4, 0.5) is 0 Å². The van der Waals surface area contributed by atoms with Crippen molar-refractivity contribution in [2.75, 3.05) is 46.0 Å². The van der Waals surface area contributed by atoms with Gasteiger partial charge in [0.1, 0.15) is 0 Å². The summed E-state index contributed by atoms with van der Waals surface area (Å²) in [5, 5.41) is 3.49. The fourth-order valence-corrected chi connectivity index (χ4v) is 4.90. The van der Waals surface area contributed by atoms with Crippen molar-refractivity contribution in [2.24, 2.45) is 4.99 Å². The third-order valence-electron chi connectivity index (χ3n) is 6.84. The largest absolute Gasteiger partial charge is 0.378 e. The van der Waals surface area contributed by atoms with Gasteiger partial charge >= 0.3 is 0 Å². The summed E-state index contributed by atoms with van der Waals surface area (Å²) >= 11 is 0. The van der Waals surface area contributed by atoms with Crippen LogP contribution in [0, 0.1) is 0 Å². The molecule has 0 radical (unpaired) electrons. The van der Waals surface area contributed by atoms with Crippen LogP contribution in [0.1, 0.15) is 90.4 Å². The van der Waals surface area contributed by atoms with E-state index in [1.54, 1.807) is 0 Å². The molecular weight excluding hydrogens is 517 g/mol. The Morgan fingerprint density at radius 2 is 1.66 bits per heavy atom. The van der Waals surface area contributed by atoms with Crippen molar-refractivity contribution < 1.29 is 14.2 Å². The van der Waals surface area contributed by atoms with Crippen molar-refractivity contribution >= 4 is 29.9 Å². The molecule has 32 heavy (non-hydrogen) atoms. The highest BCUT2D eigenvalue weighted by atomic mass is 127. The third kappa shape index (κ3) is 10.9. The predicted molar refractivity (Wildman–Crippen MR) is 142 cm³/mol. The lowest BCUT2D eigenvalue weighted by Gasteiger charge is -2.35. The molecule has 0 aromatic rings. The number of guanidine groups is 1.